The van der Waals surface area contributed by atoms with Crippen molar-refractivity contribution >= 4 is 11.6 Å². The third-order valence-electron chi connectivity index (χ3n) is 4.87. The third kappa shape index (κ3) is 0.980. The zero-order valence-corrected chi connectivity index (χ0v) is 11.3. The number of nitrogens with one attached hydrogen (secondary N) is 1. The number of fused-ring (bicyclic) bond motifs is 4. The number of hydrogen-bond donors (Lipinski definition) is 2. The number of nitrogens with zero attached hydrogens (tertiary/aromatic N) is 1. The summed E-state index contributed by atoms with van der Waals surface area (Å²) in [5, 5.41) is 3.30. The fourth-order valence-electron chi connectivity index (χ4n) is 3.73. The molecule has 3 atom stereocenters. The number of ketones is 2. The predicted molar refractivity (Wildman–Crippen MR) is 70.2 cm³/mol. The quantitative estimate of drug-likeness (QED) is 0.479. The van der Waals surface area contributed by atoms with Crippen LogP contribution >= 0.6 is 0 Å². The largest absolute Gasteiger partial charge is 0.395 e. The zero-order chi connectivity index (χ0) is 14.4. The molecule has 1 aliphatic carbocycles. The monoisotopic (exact) mass is 273 g/mol. The first kappa shape index (κ1) is 11.9. The minimum Gasteiger partial charge on any atom is -0.395 e. The average Bonchev–Trinajstić information content (AvgIpc) is 3.06. The molecule has 20 heavy (non-hydrogen) atoms. The zero-order valence-electron chi connectivity index (χ0n) is 11.3. The van der Waals surface area contributed by atoms with Crippen LogP contribution in [0.3, 0.4) is 0 Å². The number of carbonyl (C=O) groups is 2. The SMILES string of the molecule is C=C1C2=C(C(=O)C(C)=C(N)C2=O)N2C[C@@H]3N[C@@H]3[C@]12OC. The summed E-state index contributed by atoms with van der Waals surface area (Å²) in [6.45, 7) is 6.26. The van der Waals surface area contributed by atoms with Crippen LogP contribution in [-0.2, 0) is 14.3 Å². The Bertz CT molecular complexity index is 675. The predicted octanol–water partition coefficient (Wildman–Crippen LogP) is -0.806. The fraction of sp³-hybridized carbons (Fsp3) is 0.429. The highest BCUT2D eigenvalue weighted by atomic mass is 16.5. The lowest BCUT2D eigenvalue weighted by molar-refractivity contribution is -0.119. The maximum absolute atomic E-state index is 12.5. The molecule has 0 radical (unpaired) electrons. The highest BCUT2D eigenvalue weighted by molar-refractivity contribution is 6.27. The second-order valence-electron chi connectivity index (χ2n) is 5.66. The van der Waals surface area contributed by atoms with E-state index >= 15 is 0 Å². The lowest BCUT2D eigenvalue weighted by atomic mass is 9.87. The van der Waals surface area contributed by atoms with Crippen LogP contribution in [-0.4, -0.2) is 47.9 Å². The molecule has 2 fully saturated rings. The molecule has 0 bridgehead atoms. The number of methoxy groups -OCH3 is 1. The van der Waals surface area contributed by atoms with Gasteiger partial charge in [-0.2, -0.15) is 0 Å². The number of ether oxygens (including phenoxy) is 1. The van der Waals surface area contributed by atoms with E-state index in [9.17, 15) is 9.59 Å². The highest BCUT2D eigenvalue weighted by Crippen LogP contribution is 2.54. The van der Waals surface area contributed by atoms with E-state index in [1.54, 1.807) is 14.0 Å². The normalized spacial score (nSPS) is 38.5. The molecule has 6 nitrogen and oxygen atoms in total. The molecule has 3 aliphatic heterocycles. The Morgan fingerprint density at radius 1 is 1.45 bits per heavy atom. The summed E-state index contributed by atoms with van der Waals surface area (Å²) in [5.41, 5.74) is 6.55. The van der Waals surface area contributed by atoms with Gasteiger partial charge >= 0.3 is 0 Å². The van der Waals surface area contributed by atoms with Crippen molar-refractivity contribution in [1.82, 2.24) is 10.2 Å². The molecule has 0 saturated carbocycles. The number of nitrogens with two attached hydrogens (primary N) is 1. The molecule has 4 aliphatic rings. The van der Waals surface area contributed by atoms with Crippen molar-refractivity contribution in [1.29, 1.82) is 0 Å². The van der Waals surface area contributed by atoms with E-state index in [-0.39, 0.29) is 29.3 Å². The van der Waals surface area contributed by atoms with Gasteiger partial charge < -0.3 is 20.7 Å². The number of rotatable bonds is 1. The molecule has 6 heteroatoms. The summed E-state index contributed by atoms with van der Waals surface area (Å²) in [6.07, 6.45) is 0. The molecule has 2 saturated heterocycles. The van der Waals surface area contributed by atoms with Crippen LogP contribution in [0.25, 0.3) is 0 Å². The fourth-order valence-corrected chi connectivity index (χ4v) is 3.73. The summed E-state index contributed by atoms with van der Waals surface area (Å²) in [4.78, 5) is 26.8. The van der Waals surface area contributed by atoms with Crippen molar-refractivity contribution in [3.05, 3.63) is 34.7 Å². The van der Waals surface area contributed by atoms with E-state index in [1.807, 2.05) is 4.90 Å². The lowest BCUT2D eigenvalue weighted by Gasteiger charge is -2.36. The van der Waals surface area contributed by atoms with Crippen LogP contribution in [0.4, 0.5) is 0 Å². The Kier molecular flexibility index (Phi) is 1.91. The lowest BCUT2D eigenvalue weighted by Crippen LogP contribution is -2.50. The van der Waals surface area contributed by atoms with E-state index in [0.717, 1.165) is 0 Å². The highest BCUT2D eigenvalue weighted by Gasteiger charge is 2.70. The van der Waals surface area contributed by atoms with Gasteiger partial charge in [0.15, 0.2) is 5.72 Å². The van der Waals surface area contributed by atoms with Crippen LogP contribution in [0.2, 0.25) is 0 Å². The first-order valence-electron chi connectivity index (χ1n) is 6.53. The molecule has 3 heterocycles. The van der Waals surface area contributed by atoms with E-state index < -0.39 is 5.72 Å². The van der Waals surface area contributed by atoms with Gasteiger partial charge in [-0.05, 0) is 6.92 Å². The van der Waals surface area contributed by atoms with Gasteiger partial charge in [-0.1, -0.05) is 6.58 Å². The smallest absolute Gasteiger partial charge is 0.211 e. The van der Waals surface area contributed by atoms with Crippen molar-refractivity contribution in [3.8, 4) is 0 Å². The van der Waals surface area contributed by atoms with Gasteiger partial charge in [0.1, 0.15) is 0 Å². The van der Waals surface area contributed by atoms with Gasteiger partial charge in [0.25, 0.3) is 0 Å². The van der Waals surface area contributed by atoms with E-state index in [0.29, 0.717) is 29.0 Å². The molecule has 0 amide bonds. The van der Waals surface area contributed by atoms with Crippen LogP contribution < -0.4 is 11.1 Å². The number of allylic oxidation sites excluding steroid dienone is 2. The molecule has 104 valence electrons. The van der Waals surface area contributed by atoms with Gasteiger partial charge in [-0.15, -0.1) is 0 Å². The van der Waals surface area contributed by atoms with Gasteiger partial charge in [-0.3, -0.25) is 9.59 Å². The molecule has 0 aromatic heterocycles. The van der Waals surface area contributed by atoms with Gasteiger partial charge in [-0.25, -0.2) is 0 Å². The number of piperazine rings is 1. The standard InChI is InChI=1S/C14H15N3O3/c1-5-9(15)12(19)8-6(2)14(20-3)13-7(16-13)4-17(14)10(8)11(5)18/h7,13,16H,2,4,15H2,1,3H3/t7-,13-,14+/m0/s1. The molecule has 0 aromatic carbocycles. The Hall–Kier alpha value is -1.92. The van der Waals surface area contributed by atoms with Crippen molar-refractivity contribution < 1.29 is 14.3 Å². The van der Waals surface area contributed by atoms with Crippen molar-refractivity contribution in [2.45, 2.75) is 24.7 Å². The maximum Gasteiger partial charge on any atom is 0.211 e. The van der Waals surface area contributed by atoms with Crippen molar-refractivity contribution in [2.24, 2.45) is 5.73 Å². The minimum atomic E-state index is -0.814. The van der Waals surface area contributed by atoms with E-state index in [4.69, 9.17) is 10.5 Å². The first-order chi connectivity index (χ1) is 9.45. The second kappa shape index (κ2) is 3.21. The maximum atomic E-state index is 12.5. The van der Waals surface area contributed by atoms with Crippen molar-refractivity contribution in [2.75, 3.05) is 13.7 Å². The molecule has 0 aromatic rings. The summed E-state index contributed by atoms with van der Waals surface area (Å²) >= 11 is 0. The van der Waals surface area contributed by atoms with E-state index in [1.165, 1.54) is 0 Å². The Labute approximate surface area is 115 Å². The summed E-state index contributed by atoms with van der Waals surface area (Å²) in [5.74, 6) is -0.511. The van der Waals surface area contributed by atoms with Crippen LogP contribution in [0.15, 0.2) is 34.7 Å². The van der Waals surface area contributed by atoms with Crippen LogP contribution in [0.5, 0.6) is 0 Å². The number of hydrogen-bond acceptors (Lipinski definition) is 6. The van der Waals surface area contributed by atoms with E-state index in [2.05, 4.69) is 11.9 Å². The Morgan fingerprint density at radius 3 is 2.80 bits per heavy atom. The minimum absolute atomic E-state index is 0.0163. The van der Waals surface area contributed by atoms with Gasteiger partial charge in [0.2, 0.25) is 11.6 Å². The molecule has 3 N–H and O–H groups in total. The van der Waals surface area contributed by atoms with Gasteiger partial charge in [0, 0.05) is 30.8 Å². The summed E-state index contributed by atoms with van der Waals surface area (Å²) < 4.78 is 5.71. The molecular weight excluding hydrogens is 258 g/mol. The molecule has 0 unspecified atom stereocenters. The Balaban J connectivity index is 1.93. The number of Topliss-reactive ketones (excluding diaryl/α,β-unsaturated/α-hetero) is 2. The number of carbonyl (C=O) groups excluding carboxylic acids is 2. The van der Waals surface area contributed by atoms with Crippen molar-refractivity contribution in [3.63, 3.8) is 0 Å². The Morgan fingerprint density at radius 2 is 2.15 bits per heavy atom. The molecular formula is C14H15N3O3. The summed E-state index contributed by atoms with van der Waals surface area (Å²) in [6, 6.07) is 0.361. The topological polar surface area (TPSA) is 94.6 Å². The average molecular weight is 273 g/mol. The molecule has 0 spiro atoms. The van der Waals surface area contributed by atoms with Crippen LogP contribution in [0.1, 0.15) is 6.92 Å². The summed E-state index contributed by atoms with van der Waals surface area (Å²) in [7, 11) is 1.58. The second-order valence-corrected chi connectivity index (χ2v) is 5.66. The molecule has 4 rings (SSSR count). The first-order valence-corrected chi connectivity index (χ1v) is 6.53. The third-order valence-corrected chi connectivity index (χ3v) is 4.87. The van der Waals surface area contributed by atoms with Gasteiger partial charge in [0.05, 0.1) is 23.0 Å². The van der Waals surface area contributed by atoms with Crippen LogP contribution in [0, 0.1) is 0 Å².